The van der Waals surface area contributed by atoms with Crippen LogP contribution in [0, 0.1) is 5.92 Å². The fourth-order valence-corrected chi connectivity index (χ4v) is 2.68. The smallest absolute Gasteiger partial charge is 0.0807 e. The van der Waals surface area contributed by atoms with E-state index in [0.717, 1.165) is 16.5 Å². The molecule has 3 N–H and O–H groups in total. The zero-order chi connectivity index (χ0) is 13.2. The molecule has 0 amide bonds. The summed E-state index contributed by atoms with van der Waals surface area (Å²) in [6.07, 6.45) is 4.39. The van der Waals surface area contributed by atoms with Crippen molar-refractivity contribution in [1.82, 2.24) is 10.4 Å². The Labute approximate surface area is 112 Å². The second-order valence-electron chi connectivity index (χ2n) is 5.14. The molecule has 1 saturated carbocycles. The van der Waals surface area contributed by atoms with Crippen molar-refractivity contribution in [2.24, 2.45) is 11.8 Å². The lowest BCUT2D eigenvalue weighted by atomic mass is 9.97. The Morgan fingerprint density at radius 2 is 2.21 bits per heavy atom. The van der Waals surface area contributed by atoms with E-state index in [2.05, 4.69) is 34.7 Å². The summed E-state index contributed by atoms with van der Waals surface area (Å²) in [5.41, 5.74) is 5.03. The van der Waals surface area contributed by atoms with Crippen molar-refractivity contribution < 1.29 is 4.74 Å². The quantitative estimate of drug-likeness (QED) is 0.636. The molecule has 0 spiro atoms. The van der Waals surface area contributed by atoms with E-state index in [1.165, 1.54) is 12.8 Å². The van der Waals surface area contributed by atoms with E-state index in [4.69, 9.17) is 10.6 Å². The molecule has 0 aliphatic heterocycles. The molecule has 1 aromatic heterocycles. The zero-order valence-electron chi connectivity index (χ0n) is 11.0. The summed E-state index contributed by atoms with van der Waals surface area (Å²) in [5, 5.41) is 1.14. The summed E-state index contributed by atoms with van der Waals surface area (Å²) in [5.74, 6) is 6.36. The number of methoxy groups -OCH3 is 1. The Morgan fingerprint density at radius 3 is 2.89 bits per heavy atom. The molecule has 4 heteroatoms. The predicted molar refractivity (Wildman–Crippen MR) is 75.3 cm³/mol. The van der Waals surface area contributed by atoms with Gasteiger partial charge in [0.05, 0.1) is 17.7 Å². The minimum absolute atomic E-state index is 0.0175. The van der Waals surface area contributed by atoms with Crippen LogP contribution in [-0.4, -0.2) is 18.2 Å². The van der Waals surface area contributed by atoms with Crippen LogP contribution in [0.5, 0.6) is 0 Å². The van der Waals surface area contributed by atoms with Crippen LogP contribution in [0.3, 0.4) is 0 Å². The molecular formula is C15H19N3O. The number of rotatable bonds is 5. The number of hydrogen-bond acceptors (Lipinski definition) is 4. The average molecular weight is 257 g/mol. The maximum absolute atomic E-state index is 5.74. The molecule has 1 aliphatic rings. The molecule has 0 bridgehead atoms. The molecular weight excluding hydrogens is 238 g/mol. The third-order valence-electron chi connectivity index (χ3n) is 3.86. The maximum Gasteiger partial charge on any atom is 0.0807 e. The first-order chi connectivity index (χ1) is 9.33. The van der Waals surface area contributed by atoms with E-state index >= 15 is 0 Å². The Balaban J connectivity index is 1.95. The fourth-order valence-electron chi connectivity index (χ4n) is 2.68. The van der Waals surface area contributed by atoms with Crippen molar-refractivity contribution in [3.63, 3.8) is 0 Å². The number of fused-ring (bicyclic) bond motifs is 1. The standard InChI is InChI=1S/C15H19N3O/c1-19-15(11-5-6-11)14(18-16)12-7-4-10-3-2-8-17-13(10)9-12/h2-4,7-9,11,14-15,18H,5-6,16H2,1H3. The third kappa shape index (κ3) is 2.47. The lowest BCUT2D eigenvalue weighted by Crippen LogP contribution is -2.38. The molecule has 1 heterocycles. The Kier molecular flexibility index (Phi) is 3.46. The molecule has 0 radical (unpaired) electrons. The normalized spacial score (nSPS) is 18.4. The van der Waals surface area contributed by atoms with Gasteiger partial charge in [0.1, 0.15) is 0 Å². The number of pyridine rings is 1. The van der Waals surface area contributed by atoms with Crippen LogP contribution in [0.4, 0.5) is 0 Å². The summed E-state index contributed by atoms with van der Waals surface area (Å²) in [4.78, 5) is 4.39. The number of nitrogens with one attached hydrogen (secondary N) is 1. The summed E-state index contributed by atoms with van der Waals surface area (Å²) in [6.45, 7) is 0. The first kappa shape index (κ1) is 12.5. The summed E-state index contributed by atoms with van der Waals surface area (Å²) < 4.78 is 5.63. The summed E-state index contributed by atoms with van der Waals surface area (Å²) >= 11 is 0. The molecule has 2 unspecified atom stereocenters. The first-order valence-corrected chi connectivity index (χ1v) is 6.67. The Bertz CT molecular complexity index is 568. The number of nitrogens with two attached hydrogens (primary N) is 1. The number of aromatic nitrogens is 1. The molecule has 1 aliphatic carbocycles. The molecule has 2 atom stereocenters. The van der Waals surface area contributed by atoms with Crippen LogP contribution in [0.2, 0.25) is 0 Å². The minimum Gasteiger partial charge on any atom is -0.379 e. The van der Waals surface area contributed by atoms with E-state index in [-0.39, 0.29) is 12.1 Å². The highest BCUT2D eigenvalue weighted by Crippen LogP contribution is 2.39. The highest BCUT2D eigenvalue weighted by molar-refractivity contribution is 5.79. The maximum atomic E-state index is 5.74. The van der Waals surface area contributed by atoms with Crippen LogP contribution >= 0.6 is 0 Å². The number of benzene rings is 1. The minimum atomic E-state index is 0.0175. The van der Waals surface area contributed by atoms with Crippen LogP contribution in [0.25, 0.3) is 10.9 Å². The van der Waals surface area contributed by atoms with Gasteiger partial charge in [-0.2, -0.15) is 0 Å². The van der Waals surface area contributed by atoms with E-state index in [0.29, 0.717) is 5.92 Å². The number of ether oxygens (including phenoxy) is 1. The number of hydrazine groups is 1. The van der Waals surface area contributed by atoms with Gasteiger partial charge in [0.25, 0.3) is 0 Å². The van der Waals surface area contributed by atoms with E-state index in [1.807, 2.05) is 12.3 Å². The van der Waals surface area contributed by atoms with Gasteiger partial charge < -0.3 is 4.74 Å². The summed E-state index contributed by atoms with van der Waals surface area (Å²) in [7, 11) is 1.76. The molecule has 1 fully saturated rings. The van der Waals surface area contributed by atoms with Crippen molar-refractivity contribution in [3.8, 4) is 0 Å². The van der Waals surface area contributed by atoms with Crippen molar-refractivity contribution in [3.05, 3.63) is 42.1 Å². The average Bonchev–Trinajstić information content (AvgIpc) is 3.28. The lowest BCUT2D eigenvalue weighted by Gasteiger charge is -2.26. The van der Waals surface area contributed by atoms with Gasteiger partial charge in [0, 0.05) is 18.7 Å². The van der Waals surface area contributed by atoms with Gasteiger partial charge in [-0.3, -0.25) is 16.3 Å². The molecule has 1 aromatic carbocycles. The highest BCUT2D eigenvalue weighted by atomic mass is 16.5. The van der Waals surface area contributed by atoms with E-state index in [1.54, 1.807) is 7.11 Å². The van der Waals surface area contributed by atoms with Gasteiger partial charge >= 0.3 is 0 Å². The van der Waals surface area contributed by atoms with Crippen LogP contribution < -0.4 is 11.3 Å². The second kappa shape index (κ2) is 5.25. The van der Waals surface area contributed by atoms with Gasteiger partial charge in [0.15, 0.2) is 0 Å². The Hall–Kier alpha value is -1.49. The van der Waals surface area contributed by atoms with Gasteiger partial charge in [-0.15, -0.1) is 0 Å². The molecule has 4 nitrogen and oxygen atoms in total. The van der Waals surface area contributed by atoms with Gasteiger partial charge in [-0.05, 0) is 36.5 Å². The van der Waals surface area contributed by atoms with Gasteiger partial charge in [0.2, 0.25) is 0 Å². The SMILES string of the molecule is COC(C1CC1)C(NN)c1ccc2cccnc2c1. The summed E-state index contributed by atoms with van der Waals surface area (Å²) in [6, 6.07) is 10.3. The van der Waals surface area contributed by atoms with Crippen LogP contribution in [-0.2, 0) is 4.74 Å². The molecule has 2 aromatic rings. The van der Waals surface area contributed by atoms with E-state index < -0.39 is 0 Å². The van der Waals surface area contributed by atoms with Crippen molar-refractivity contribution in [1.29, 1.82) is 0 Å². The lowest BCUT2D eigenvalue weighted by molar-refractivity contribution is 0.0507. The highest BCUT2D eigenvalue weighted by Gasteiger charge is 2.37. The largest absolute Gasteiger partial charge is 0.379 e. The molecule has 3 rings (SSSR count). The van der Waals surface area contributed by atoms with E-state index in [9.17, 15) is 0 Å². The Morgan fingerprint density at radius 1 is 1.37 bits per heavy atom. The molecule has 100 valence electrons. The number of hydrogen-bond donors (Lipinski definition) is 2. The fraction of sp³-hybridized carbons (Fsp3) is 0.400. The topological polar surface area (TPSA) is 60.2 Å². The second-order valence-corrected chi connectivity index (χ2v) is 5.14. The third-order valence-corrected chi connectivity index (χ3v) is 3.86. The molecule has 19 heavy (non-hydrogen) atoms. The monoisotopic (exact) mass is 257 g/mol. The van der Waals surface area contributed by atoms with Gasteiger partial charge in [-0.25, -0.2) is 0 Å². The molecule has 0 saturated heterocycles. The first-order valence-electron chi connectivity index (χ1n) is 6.67. The van der Waals surface area contributed by atoms with Crippen LogP contribution in [0.15, 0.2) is 36.5 Å². The zero-order valence-corrected chi connectivity index (χ0v) is 11.0. The number of nitrogens with zero attached hydrogens (tertiary/aromatic N) is 1. The van der Waals surface area contributed by atoms with Crippen molar-refractivity contribution in [2.45, 2.75) is 25.0 Å². The van der Waals surface area contributed by atoms with Crippen LogP contribution in [0.1, 0.15) is 24.4 Å². The predicted octanol–water partition coefficient (Wildman–Crippen LogP) is 2.16. The van der Waals surface area contributed by atoms with Crippen molar-refractivity contribution >= 4 is 10.9 Å². The van der Waals surface area contributed by atoms with Crippen molar-refractivity contribution in [2.75, 3.05) is 7.11 Å². The van der Waals surface area contributed by atoms with Gasteiger partial charge in [-0.1, -0.05) is 18.2 Å².